The van der Waals surface area contributed by atoms with Crippen molar-refractivity contribution in [2.45, 2.75) is 30.5 Å². The zero-order valence-corrected chi connectivity index (χ0v) is 19.4. The number of para-hydroxylation sites is 1. The average Bonchev–Trinajstić information content (AvgIpc) is 3.68. The molecule has 4 N–H and O–H groups in total. The highest BCUT2D eigenvalue weighted by atomic mass is 19.2. The molecule has 0 spiro atoms. The van der Waals surface area contributed by atoms with Crippen LogP contribution < -0.4 is 0 Å². The summed E-state index contributed by atoms with van der Waals surface area (Å²) in [7, 11) is 0. The Morgan fingerprint density at radius 3 is 2.58 bits per heavy atom. The molecular weight excluding hydrogens is 507 g/mol. The number of rotatable bonds is 5. The average molecular weight is 527 g/mol. The lowest BCUT2D eigenvalue weighted by Gasteiger charge is -2.41. The van der Waals surface area contributed by atoms with E-state index in [-0.39, 0.29) is 17.1 Å². The van der Waals surface area contributed by atoms with Crippen molar-refractivity contribution in [2.75, 3.05) is 6.61 Å². The van der Waals surface area contributed by atoms with Crippen LogP contribution in [0.25, 0.3) is 27.8 Å². The summed E-state index contributed by atoms with van der Waals surface area (Å²) < 4.78 is 49.5. The predicted molar refractivity (Wildman–Crippen MR) is 124 cm³/mol. The molecule has 14 heteroatoms. The highest BCUT2D eigenvalue weighted by Crippen LogP contribution is 2.39. The molecule has 1 fully saturated rings. The lowest BCUT2D eigenvalue weighted by atomic mass is 9.92. The molecule has 3 aromatic heterocycles. The first-order chi connectivity index (χ1) is 18.4. The van der Waals surface area contributed by atoms with Crippen LogP contribution in [0.15, 0.2) is 55.1 Å². The van der Waals surface area contributed by atoms with Crippen LogP contribution >= 0.6 is 0 Å². The van der Waals surface area contributed by atoms with E-state index in [0.717, 1.165) is 27.7 Å². The molecule has 1 aliphatic heterocycles. The van der Waals surface area contributed by atoms with Crippen LogP contribution in [-0.2, 0) is 4.74 Å². The fourth-order valence-corrected chi connectivity index (χ4v) is 4.78. The van der Waals surface area contributed by atoms with Crippen LogP contribution in [0.2, 0.25) is 0 Å². The summed E-state index contributed by atoms with van der Waals surface area (Å²) in [5.74, 6) is -4.24. The van der Waals surface area contributed by atoms with E-state index >= 15 is 0 Å². The minimum atomic E-state index is -1.62. The Bertz CT molecular complexity index is 1600. The van der Waals surface area contributed by atoms with Gasteiger partial charge in [-0.2, -0.15) is 0 Å². The van der Waals surface area contributed by atoms with Gasteiger partial charge in [0.05, 0.1) is 24.0 Å². The molecule has 6 rings (SSSR count). The highest BCUT2D eigenvalue weighted by Gasteiger charge is 2.48. The summed E-state index contributed by atoms with van der Waals surface area (Å²) in [6.45, 7) is -0.600. The highest BCUT2D eigenvalue weighted by molar-refractivity contribution is 5.87. The van der Waals surface area contributed by atoms with Crippen molar-refractivity contribution < 1.29 is 33.2 Å². The maximum absolute atomic E-state index is 13.8. The van der Waals surface area contributed by atoms with Gasteiger partial charge in [-0.1, -0.05) is 17.3 Å². The molecule has 5 aromatic rings. The van der Waals surface area contributed by atoms with Crippen LogP contribution in [0.5, 0.6) is 0 Å². The predicted octanol–water partition coefficient (Wildman–Crippen LogP) is 1.82. The van der Waals surface area contributed by atoms with E-state index in [1.54, 1.807) is 10.8 Å². The van der Waals surface area contributed by atoms with Crippen LogP contribution in [0.1, 0.15) is 18.0 Å². The second kappa shape index (κ2) is 9.33. The molecule has 0 bridgehead atoms. The Kier molecular flexibility index (Phi) is 5.95. The van der Waals surface area contributed by atoms with Gasteiger partial charge in [-0.3, -0.25) is 4.57 Å². The van der Waals surface area contributed by atoms with Crippen molar-refractivity contribution in [1.29, 1.82) is 0 Å². The van der Waals surface area contributed by atoms with Gasteiger partial charge >= 0.3 is 0 Å². The Balaban J connectivity index is 1.39. The van der Waals surface area contributed by atoms with E-state index in [0.29, 0.717) is 5.69 Å². The topological polar surface area (TPSA) is 147 Å². The van der Waals surface area contributed by atoms with E-state index in [1.165, 1.54) is 12.5 Å². The summed E-state index contributed by atoms with van der Waals surface area (Å²) in [5, 5.41) is 49.1. The lowest BCUT2D eigenvalue weighted by Crippen LogP contribution is -2.53. The Morgan fingerprint density at radius 1 is 1.03 bits per heavy atom. The van der Waals surface area contributed by atoms with Crippen molar-refractivity contribution in [3.63, 3.8) is 0 Å². The van der Waals surface area contributed by atoms with E-state index in [4.69, 9.17) is 4.74 Å². The third-order valence-electron chi connectivity index (χ3n) is 6.64. The van der Waals surface area contributed by atoms with E-state index < -0.39 is 54.5 Å². The van der Waals surface area contributed by atoms with Gasteiger partial charge < -0.3 is 25.0 Å². The first-order valence-corrected chi connectivity index (χ1v) is 11.5. The minimum absolute atomic E-state index is 0.0348. The molecule has 4 heterocycles. The minimum Gasteiger partial charge on any atom is -0.394 e. The maximum Gasteiger partial charge on any atom is 0.194 e. The number of fused-ring (bicyclic) bond motifs is 1. The molecule has 11 nitrogen and oxygen atoms in total. The quantitative estimate of drug-likeness (QED) is 0.253. The van der Waals surface area contributed by atoms with Crippen LogP contribution in [0, 0.1) is 17.5 Å². The van der Waals surface area contributed by atoms with Gasteiger partial charge in [-0.25, -0.2) is 17.9 Å². The largest absolute Gasteiger partial charge is 0.394 e. The van der Waals surface area contributed by atoms with E-state index in [9.17, 15) is 28.5 Å². The van der Waals surface area contributed by atoms with Crippen LogP contribution in [0.4, 0.5) is 13.2 Å². The first-order valence-electron chi connectivity index (χ1n) is 11.5. The molecule has 0 saturated carbocycles. The van der Waals surface area contributed by atoms with E-state index in [1.807, 2.05) is 24.3 Å². The third-order valence-corrected chi connectivity index (χ3v) is 6.64. The molecule has 1 aliphatic rings. The fourth-order valence-electron chi connectivity index (χ4n) is 4.78. The number of aliphatic hydroxyl groups excluding tert-OH is 3. The number of benzene rings is 2. The van der Waals surface area contributed by atoms with Crippen molar-refractivity contribution >= 4 is 10.9 Å². The second-order valence-electron chi connectivity index (χ2n) is 8.87. The monoisotopic (exact) mass is 527 g/mol. The zero-order chi connectivity index (χ0) is 26.6. The number of halogens is 3. The number of hydrogen-bond donors (Lipinski definition) is 4. The van der Waals surface area contributed by atoms with Crippen molar-refractivity contribution in [2.24, 2.45) is 0 Å². The number of aromatic amines is 1. The summed E-state index contributed by atoms with van der Waals surface area (Å²) in [5.41, 5.74) is 1.33. The van der Waals surface area contributed by atoms with Gasteiger partial charge in [-0.15, -0.1) is 15.3 Å². The molecule has 5 atom stereocenters. The molecule has 0 aliphatic carbocycles. The van der Waals surface area contributed by atoms with Gasteiger partial charge in [-0.05, 0) is 24.3 Å². The van der Waals surface area contributed by atoms with Crippen LogP contribution in [0.3, 0.4) is 0 Å². The SMILES string of the molecule is OC[C@H]1O[C@@H](c2nncn2-c2cccc3cc[nH]c23)[C@H](O)[C@@H](n2cc(-c3cc(F)c(F)c(F)c3)nn2)[C@H]1O. The Morgan fingerprint density at radius 2 is 1.82 bits per heavy atom. The van der Waals surface area contributed by atoms with Gasteiger partial charge in [0.1, 0.15) is 42.5 Å². The number of nitrogens with zero attached hydrogens (tertiary/aromatic N) is 6. The number of hydrogen-bond acceptors (Lipinski definition) is 8. The van der Waals surface area contributed by atoms with Crippen molar-refractivity contribution in [3.8, 4) is 16.9 Å². The maximum atomic E-state index is 13.8. The van der Waals surface area contributed by atoms with Gasteiger partial charge in [0.15, 0.2) is 23.3 Å². The smallest absolute Gasteiger partial charge is 0.194 e. The summed E-state index contributed by atoms with van der Waals surface area (Å²) in [6.07, 6.45) is -0.806. The number of aromatic nitrogens is 7. The number of aliphatic hydroxyl groups is 3. The molecule has 2 aromatic carbocycles. The van der Waals surface area contributed by atoms with Crippen molar-refractivity contribution in [1.82, 2.24) is 34.7 Å². The zero-order valence-electron chi connectivity index (χ0n) is 19.4. The number of ether oxygens (including phenoxy) is 1. The molecule has 1 saturated heterocycles. The molecule has 38 heavy (non-hydrogen) atoms. The van der Waals surface area contributed by atoms with Gasteiger partial charge in [0.25, 0.3) is 0 Å². The van der Waals surface area contributed by atoms with Crippen molar-refractivity contribution in [3.05, 3.63) is 78.4 Å². The van der Waals surface area contributed by atoms with E-state index in [2.05, 4.69) is 25.5 Å². The number of H-pyrrole nitrogens is 1. The molecule has 0 amide bonds. The standard InChI is InChI=1S/C24H20F3N7O4/c25-13-6-12(7-14(26)18(13)27)15-8-34(32-30-15)20-21(36)17(9-35)38-23(22(20)37)24-31-29-10-33(24)16-3-1-2-11-4-5-28-19(11)16/h1-8,10,17,20-23,28,35-37H,9H2/t17-,20+,21+,22-,23-/m1/s1. The summed E-state index contributed by atoms with van der Waals surface area (Å²) in [4.78, 5) is 3.15. The normalized spacial score (nSPS) is 23.8. The van der Waals surface area contributed by atoms with Gasteiger partial charge in [0.2, 0.25) is 0 Å². The molecule has 0 unspecified atom stereocenters. The fraction of sp³-hybridized carbons (Fsp3) is 0.250. The molecular formula is C24H20F3N7O4. The Hall–Kier alpha value is -4.11. The Labute approximate surface area is 211 Å². The molecule has 196 valence electrons. The van der Waals surface area contributed by atoms with Crippen LogP contribution in [-0.4, -0.2) is 75.0 Å². The third kappa shape index (κ3) is 3.85. The first kappa shape index (κ1) is 24.2. The number of nitrogens with one attached hydrogen (secondary N) is 1. The van der Waals surface area contributed by atoms with Gasteiger partial charge in [0, 0.05) is 17.1 Å². The summed E-state index contributed by atoms with van der Waals surface area (Å²) in [6, 6.07) is 7.77. The lowest BCUT2D eigenvalue weighted by molar-refractivity contribution is -0.210. The molecule has 0 radical (unpaired) electrons. The summed E-state index contributed by atoms with van der Waals surface area (Å²) >= 11 is 0. The second-order valence-corrected chi connectivity index (χ2v) is 8.87.